The Bertz CT molecular complexity index is 1550. The zero-order valence-electron chi connectivity index (χ0n) is 21.7. The quantitative estimate of drug-likeness (QED) is 0.241. The molecule has 1 amide bonds. The van der Waals surface area contributed by atoms with Crippen LogP contribution in [0.25, 0.3) is 11.3 Å². The highest BCUT2D eigenvalue weighted by molar-refractivity contribution is 7.80. The highest BCUT2D eigenvalue weighted by Crippen LogP contribution is 2.43. The van der Waals surface area contributed by atoms with Crippen molar-refractivity contribution in [3.63, 3.8) is 0 Å². The molecule has 0 unspecified atom stereocenters. The fraction of sp³-hybridized carbons (Fsp3) is 0.200. The average Bonchev–Trinajstić information content (AvgIpc) is 3.55. The minimum absolute atomic E-state index is 0.0487. The number of aromatic carboxylic acids is 1. The fourth-order valence-electron chi connectivity index (χ4n) is 4.61. The van der Waals surface area contributed by atoms with E-state index in [4.69, 9.17) is 16.6 Å². The van der Waals surface area contributed by atoms with E-state index < -0.39 is 5.97 Å². The summed E-state index contributed by atoms with van der Waals surface area (Å²) in [7, 11) is 0. The number of hydrogen-bond acceptors (Lipinski definition) is 5. The van der Waals surface area contributed by atoms with Gasteiger partial charge in [0.25, 0.3) is 0 Å². The second kappa shape index (κ2) is 10.7. The monoisotopic (exact) mass is 540 g/mol. The summed E-state index contributed by atoms with van der Waals surface area (Å²) < 4.78 is 6.35. The Balaban J connectivity index is 1.55. The van der Waals surface area contributed by atoms with Gasteiger partial charge in [-0.25, -0.2) is 4.79 Å². The van der Waals surface area contributed by atoms with Crippen molar-refractivity contribution in [3.05, 3.63) is 102 Å². The summed E-state index contributed by atoms with van der Waals surface area (Å²) in [6.07, 6.45) is 1.74. The van der Waals surface area contributed by atoms with Crippen LogP contribution >= 0.6 is 12.2 Å². The molecule has 0 bridgehead atoms. The maximum Gasteiger partial charge on any atom is 0.335 e. The first-order valence-corrected chi connectivity index (χ1v) is 13.0. The van der Waals surface area contributed by atoms with Crippen LogP contribution < -0.4 is 15.5 Å². The highest BCUT2D eigenvalue weighted by Gasteiger charge is 2.42. The molecule has 2 atom stereocenters. The van der Waals surface area contributed by atoms with E-state index in [1.54, 1.807) is 24.4 Å². The van der Waals surface area contributed by atoms with Gasteiger partial charge in [0.2, 0.25) is 5.91 Å². The number of carboxylic acids is 1. The van der Waals surface area contributed by atoms with E-state index in [0.717, 1.165) is 22.6 Å². The van der Waals surface area contributed by atoms with Crippen molar-refractivity contribution in [2.75, 3.05) is 10.2 Å². The van der Waals surface area contributed by atoms with E-state index in [0.29, 0.717) is 22.2 Å². The molecule has 1 saturated heterocycles. The second-order valence-corrected chi connectivity index (χ2v) is 10.1. The topological polar surface area (TPSA) is 108 Å². The number of carbonyl (C=O) groups is 2. The molecule has 9 heteroatoms. The molecule has 1 aliphatic rings. The fourth-order valence-corrected chi connectivity index (χ4v) is 4.96. The van der Waals surface area contributed by atoms with E-state index in [9.17, 15) is 14.7 Å². The van der Waals surface area contributed by atoms with Gasteiger partial charge in [0.05, 0.1) is 17.3 Å². The molecule has 2 aromatic heterocycles. The molecular formula is C30H28N4O4S. The summed E-state index contributed by atoms with van der Waals surface area (Å²) in [6.45, 7) is 5.65. The SMILES string of the molecule is Cc1cc(N2C(=S)N[C@@H](c3ccccn3)[C@@H]2c2ccc(-c3cccc(C(=O)O)c3)o2)ccc1NC(=O)C(C)C. The molecule has 0 aliphatic carbocycles. The van der Waals surface area contributed by atoms with Crippen LogP contribution in [0, 0.1) is 12.8 Å². The van der Waals surface area contributed by atoms with Gasteiger partial charge >= 0.3 is 5.97 Å². The first-order chi connectivity index (χ1) is 18.7. The van der Waals surface area contributed by atoms with Gasteiger partial charge in [-0.3, -0.25) is 9.78 Å². The minimum atomic E-state index is -1.00. The molecule has 39 heavy (non-hydrogen) atoms. The van der Waals surface area contributed by atoms with Crippen LogP contribution in [0.3, 0.4) is 0 Å². The van der Waals surface area contributed by atoms with Crippen LogP contribution in [-0.2, 0) is 4.79 Å². The molecule has 0 radical (unpaired) electrons. The van der Waals surface area contributed by atoms with Crippen molar-refractivity contribution in [2.45, 2.75) is 32.9 Å². The molecule has 198 valence electrons. The number of benzene rings is 2. The first-order valence-electron chi connectivity index (χ1n) is 12.6. The van der Waals surface area contributed by atoms with Crippen molar-refractivity contribution < 1.29 is 19.1 Å². The molecular weight excluding hydrogens is 512 g/mol. The van der Waals surface area contributed by atoms with Crippen LogP contribution in [0.4, 0.5) is 11.4 Å². The van der Waals surface area contributed by atoms with Gasteiger partial charge in [0.1, 0.15) is 17.6 Å². The Morgan fingerprint density at radius 2 is 1.90 bits per heavy atom. The molecule has 0 spiro atoms. The average molecular weight is 541 g/mol. The van der Waals surface area contributed by atoms with Gasteiger partial charge in [0, 0.05) is 29.1 Å². The van der Waals surface area contributed by atoms with Crippen molar-refractivity contribution in [3.8, 4) is 11.3 Å². The number of furan rings is 1. The summed E-state index contributed by atoms with van der Waals surface area (Å²) in [5.74, 6) is 0.00979. The van der Waals surface area contributed by atoms with Gasteiger partial charge in [0.15, 0.2) is 5.11 Å². The number of carboxylic acid groups (broad SMARTS) is 1. The number of nitrogens with zero attached hydrogens (tertiary/aromatic N) is 2. The number of carbonyl (C=O) groups excluding carboxylic acids is 1. The van der Waals surface area contributed by atoms with Crippen LogP contribution in [0.2, 0.25) is 0 Å². The first kappa shape index (κ1) is 26.1. The smallest absolute Gasteiger partial charge is 0.335 e. The van der Waals surface area contributed by atoms with Gasteiger partial charge in [-0.15, -0.1) is 0 Å². The van der Waals surface area contributed by atoms with Crippen molar-refractivity contribution in [1.29, 1.82) is 0 Å². The van der Waals surface area contributed by atoms with Gasteiger partial charge in [-0.05, 0) is 79.3 Å². The lowest BCUT2D eigenvalue weighted by atomic mass is 10.0. The molecule has 5 rings (SSSR count). The number of rotatable bonds is 7. The number of aromatic nitrogens is 1. The normalized spacial score (nSPS) is 16.8. The lowest BCUT2D eigenvalue weighted by molar-refractivity contribution is -0.118. The Morgan fingerprint density at radius 3 is 2.59 bits per heavy atom. The van der Waals surface area contributed by atoms with Crippen LogP contribution in [0.1, 0.15) is 53.3 Å². The third kappa shape index (κ3) is 5.26. The predicted molar refractivity (Wildman–Crippen MR) is 154 cm³/mol. The number of amides is 1. The number of hydrogen-bond donors (Lipinski definition) is 3. The summed E-state index contributed by atoms with van der Waals surface area (Å²) >= 11 is 5.81. The van der Waals surface area contributed by atoms with Crippen molar-refractivity contribution >= 4 is 40.6 Å². The second-order valence-electron chi connectivity index (χ2n) is 9.73. The number of thiocarbonyl (C=S) groups is 1. The zero-order valence-corrected chi connectivity index (χ0v) is 22.5. The third-order valence-corrected chi connectivity index (χ3v) is 7.00. The van der Waals surface area contributed by atoms with E-state index >= 15 is 0 Å². The van der Waals surface area contributed by atoms with Gasteiger partial charge in [-0.2, -0.15) is 0 Å². The summed E-state index contributed by atoms with van der Waals surface area (Å²) in [6, 6.07) is 21.2. The third-order valence-electron chi connectivity index (χ3n) is 6.68. The molecule has 0 saturated carbocycles. The van der Waals surface area contributed by atoms with Gasteiger partial charge < -0.3 is 25.1 Å². The molecule has 1 fully saturated rings. The minimum Gasteiger partial charge on any atom is -0.478 e. The Hall–Kier alpha value is -4.50. The number of aryl methyl sites for hydroxylation is 1. The molecule has 4 aromatic rings. The zero-order chi connectivity index (χ0) is 27.7. The van der Waals surface area contributed by atoms with Crippen LogP contribution in [0.15, 0.2) is 83.4 Å². The van der Waals surface area contributed by atoms with Crippen molar-refractivity contribution in [2.24, 2.45) is 5.92 Å². The molecule has 2 aromatic carbocycles. The molecule has 1 aliphatic heterocycles. The Labute approximate surface area is 231 Å². The lowest BCUT2D eigenvalue weighted by Crippen LogP contribution is -2.29. The molecule has 3 heterocycles. The maximum atomic E-state index is 12.3. The summed E-state index contributed by atoms with van der Waals surface area (Å²) in [5, 5.41) is 16.3. The van der Waals surface area contributed by atoms with Crippen LogP contribution in [0.5, 0.6) is 0 Å². The lowest BCUT2D eigenvalue weighted by Gasteiger charge is -2.27. The van der Waals surface area contributed by atoms with E-state index in [-0.39, 0.29) is 29.5 Å². The maximum absolute atomic E-state index is 12.3. The standard InChI is InChI=1S/C30H28N4O4S/c1-17(2)28(35)32-22-11-10-21(15-18(22)3)34-27(26(33-30(34)39)23-9-4-5-14-31-23)25-13-12-24(38-25)19-7-6-8-20(16-19)29(36)37/h4-17,26-27H,1-3H3,(H,32,35)(H,33,39)(H,36,37)/t26-,27-/m0/s1. The number of nitrogens with one attached hydrogen (secondary N) is 2. The van der Waals surface area contributed by atoms with Crippen LogP contribution in [-0.4, -0.2) is 27.1 Å². The molecule has 3 N–H and O–H groups in total. The van der Waals surface area contributed by atoms with E-state index in [1.165, 1.54) is 0 Å². The number of pyridine rings is 1. The van der Waals surface area contributed by atoms with Crippen molar-refractivity contribution in [1.82, 2.24) is 10.3 Å². The summed E-state index contributed by atoms with van der Waals surface area (Å²) in [5.41, 5.74) is 4.12. The largest absolute Gasteiger partial charge is 0.478 e. The Kier molecular flexibility index (Phi) is 7.17. The van der Waals surface area contributed by atoms with Gasteiger partial charge in [-0.1, -0.05) is 32.0 Å². The van der Waals surface area contributed by atoms with E-state index in [2.05, 4.69) is 15.6 Å². The predicted octanol–water partition coefficient (Wildman–Crippen LogP) is 6.12. The number of anilines is 2. The van der Waals surface area contributed by atoms with E-state index in [1.807, 2.05) is 80.3 Å². The summed E-state index contributed by atoms with van der Waals surface area (Å²) in [4.78, 5) is 30.3. The highest BCUT2D eigenvalue weighted by atomic mass is 32.1. The Morgan fingerprint density at radius 1 is 1.08 bits per heavy atom. The molecule has 8 nitrogen and oxygen atoms in total.